The van der Waals surface area contributed by atoms with E-state index in [0.717, 1.165) is 22.3 Å². The molecule has 1 amide bonds. The summed E-state index contributed by atoms with van der Waals surface area (Å²) in [5, 5.41) is 0.289. The van der Waals surface area contributed by atoms with Gasteiger partial charge in [0.1, 0.15) is 0 Å². The van der Waals surface area contributed by atoms with Crippen LogP contribution in [0.3, 0.4) is 0 Å². The minimum absolute atomic E-state index is 0.0188. The highest BCUT2D eigenvalue weighted by molar-refractivity contribution is 7.92. The van der Waals surface area contributed by atoms with E-state index >= 15 is 0 Å². The number of rotatable bonds is 7. The monoisotopic (exact) mass is 490 g/mol. The molecule has 2 N–H and O–H groups in total. The second-order valence-corrected chi connectivity index (χ2v) is 10.2. The van der Waals surface area contributed by atoms with Crippen molar-refractivity contribution >= 4 is 33.2 Å². The van der Waals surface area contributed by atoms with E-state index in [1.165, 1.54) is 16.4 Å². The maximum atomic E-state index is 13.9. The van der Waals surface area contributed by atoms with E-state index < -0.39 is 15.9 Å². The number of nitrogens with two attached hydrogens (primary N) is 1. The van der Waals surface area contributed by atoms with E-state index in [-0.39, 0.29) is 27.7 Å². The van der Waals surface area contributed by atoms with Gasteiger partial charge in [0.2, 0.25) is 0 Å². The summed E-state index contributed by atoms with van der Waals surface area (Å²) >= 11 is 6.07. The number of aryl methyl sites for hydroxylation is 1. The van der Waals surface area contributed by atoms with E-state index in [2.05, 4.69) is 0 Å². The highest BCUT2D eigenvalue weighted by Gasteiger charge is 2.28. The third-order valence-electron chi connectivity index (χ3n) is 5.49. The van der Waals surface area contributed by atoms with Crippen LogP contribution in [0.25, 0.3) is 11.1 Å². The zero-order valence-electron chi connectivity index (χ0n) is 18.5. The molecule has 7 heteroatoms. The van der Waals surface area contributed by atoms with Gasteiger partial charge < -0.3 is 5.73 Å². The first-order chi connectivity index (χ1) is 16.3. The van der Waals surface area contributed by atoms with Gasteiger partial charge in [0.05, 0.1) is 22.7 Å². The van der Waals surface area contributed by atoms with Gasteiger partial charge in [0.25, 0.3) is 15.9 Å². The van der Waals surface area contributed by atoms with Crippen LogP contribution in [0.1, 0.15) is 21.5 Å². The summed E-state index contributed by atoms with van der Waals surface area (Å²) in [6.07, 6.45) is 0. The van der Waals surface area contributed by atoms with Gasteiger partial charge in [-0.3, -0.25) is 9.10 Å². The molecule has 0 atom stereocenters. The fraction of sp³-hybridized carbons (Fsp3) is 0.0741. The largest absolute Gasteiger partial charge is 0.366 e. The van der Waals surface area contributed by atoms with Crippen LogP contribution in [0.15, 0.2) is 102 Å². The van der Waals surface area contributed by atoms with E-state index in [1.54, 1.807) is 30.3 Å². The Morgan fingerprint density at radius 1 is 0.853 bits per heavy atom. The number of halogens is 1. The summed E-state index contributed by atoms with van der Waals surface area (Å²) in [6, 6.07) is 28.3. The number of hydrogen-bond donors (Lipinski definition) is 1. The SMILES string of the molecule is Cc1ccc(CN(c2ccc(Cl)cc2C(N)=O)S(=O)(=O)c2ccc(-c3ccccc3)cc2)cc1. The first-order valence-corrected chi connectivity index (χ1v) is 12.4. The Hall–Kier alpha value is -3.61. The number of amides is 1. The van der Waals surface area contributed by atoms with Gasteiger partial charge >= 0.3 is 0 Å². The maximum absolute atomic E-state index is 13.9. The molecule has 4 rings (SSSR count). The molecule has 0 saturated carbocycles. The predicted molar refractivity (Wildman–Crippen MR) is 136 cm³/mol. The number of carbonyl (C=O) groups excluding carboxylic acids is 1. The van der Waals surface area contributed by atoms with Gasteiger partial charge in [-0.05, 0) is 53.9 Å². The third-order valence-corrected chi connectivity index (χ3v) is 7.50. The second-order valence-electron chi connectivity index (χ2n) is 7.91. The van der Waals surface area contributed by atoms with E-state index in [4.69, 9.17) is 17.3 Å². The molecule has 4 aromatic rings. The minimum Gasteiger partial charge on any atom is -0.366 e. The fourth-order valence-corrected chi connectivity index (χ4v) is 5.30. The van der Waals surface area contributed by atoms with Gasteiger partial charge in [-0.2, -0.15) is 0 Å². The highest BCUT2D eigenvalue weighted by atomic mass is 35.5. The maximum Gasteiger partial charge on any atom is 0.264 e. The Morgan fingerprint density at radius 2 is 1.47 bits per heavy atom. The van der Waals surface area contributed by atoms with E-state index in [1.807, 2.05) is 61.5 Å². The molecule has 34 heavy (non-hydrogen) atoms. The molecule has 4 aromatic carbocycles. The van der Waals surface area contributed by atoms with Crippen LogP contribution in [-0.2, 0) is 16.6 Å². The molecule has 0 spiro atoms. The smallest absolute Gasteiger partial charge is 0.264 e. The van der Waals surface area contributed by atoms with Crippen molar-refractivity contribution < 1.29 is 13.2 Å². The molecule has 0 bridgehead atoms. The molecule has 0 unspecified atom stereocenters. The van der Waals surface area contributed by atoms with Crippen LogP contribution >= 0.6 is 11.6 Å². The summed E-state index contributed by atoms with van der Waals surface area (Å²) in [6.45, 7) is 1.97. The van der Waals surface area contributed by atoms with Crippen LogP contribution in [0, 0.1) is 6.92 Å². The van der Waals surface area contributed by atoms with Gasteiger partial charge in [-0.15, -0.1) is 0 Å². The Kier molecular flexibility index (Phi) is 6.72. The topological polar surface area (TPSA) is 80.5 Å². The summed E-state index contributed by atoms with van der Waals surface area (Å²) in [7, 11) is -4.05. The molecular formula is C27H23ClN2O3S. The first-order valence-electron chi connectivity index (χ1n) is 10.6. The minimum atomic E-state index is -4.05. The van der Waals surface area contributed by atoms with Crippen LogP contribution in [0.4, 0.5) is 5.69 Å². The zero-order valence-corrected chi connectivity index (χ0v) is 20.1. The Balaban J connectivity index is 1.81. The Bertz CT molecular complexity index is 1420. The summed E-state index contributed by atoms with van der Waals surface area (Å²) in [5.41, 5.74) is 9.48. The van der Waals surface area contributed by atoms with Crippen LogP contribution in [0.5, 0.6) is 0 Å². The van der Waals surface area contributed by atoms with Crippen molar-refractivity contribution in [2.75, 3.05) is 4.31 Å². The highest BCUT2D eigenvalue weighted by Crippen LogP contribution is 2.32. The lowest BCUT2D eigenvalue weighted by molar-refractivity contribution is 0.100. The van der Waals surface area contributed by atoms with Gasteiger partial charge in [-0.25, -0.2) is 8.42 Å². The summed E-state index contributed by atoms with van der Waals surface area (Å²) < 4.78 is 28.9. The molecular weight excluding hydrogens is 468 g/mol. The van der Waals surface area contributed by atoms with Crippen LogP contribution in [0.2, 0.25) is 5.02 Å². The molecule has 172 valence electrons. The lowest BCUT2D eigenvalue weighted by atomic mass is 10.1. The molecule has 0 aliphatic rings. The molecule has 0 aromatic heterocycles. The average molecular weight is 491 g/mol. The summed E-state index contributed by atoms with van der Waals surface area (Å²) in [5.74, 6) is -0.763. The van der Waals surface area contributed by atoms with Crippen molar-refractivity contribution in [2.45, 2.75) is 18.4 Å². The molecule has 0 saturated heterocycles. The average Bonchev–Trinajstić information content (AvgIpc) is 2.84. The number of sulfonamides is 1. The lowest BCUT2D eigenvalue weighted by Gasteiger charge is -2.26. The Morgan fingerprint density at radius 3 is 2.09 bits per heavy atom. The van der Waals surface area contributed by atoms with Crippen molar-refractivity contribution in [3.05, 3.63) is 119 Å². The lowest BCUT2D eigenvalue weighted by Crippen LogP contribution is -2.32. The predicted octanol–water partition coefficient (Wildman–Crippen LogP) is 5.81. The molecule has 0 aliphatic heterocycles. The number of anilines is 1. The number of benzene rings is 4. The Labute approximate surface area is 204 Å². The standard InChI is InChI=1S/C27H23ClN2O3S/c1-19-7-9-20(10-8-19)18-30(26-16-13-23(28)17-25(26)27(29)31)34(32,33)24-14-11-22(12-15-24)21-5-3-2-4-6-21/h2-17H,18H2,1H3,(H2,29,31). The fourth-order valence-electron chi connectivity index (χ4n) is 3.66. The van der Waals surface area contributed by atoms with Gasteiger partial charge in [0, 0.05) is 5.02 Å². The van der Waals surface area contributed by atoms with Crippen LogP contribution in [-0.4, -0.2) is 14.3 Å². The molecule has 0 radical (unpaired) electrons. The van der Waals surface area contributed by atoms with Crippen molar-refractivity contribution in [1.82, 2.24) is 0 Å². The normalized spacial score (nSPS) is 11.2. The number of hydrogen-bond acceptors (Lipinski definition) is 3. The molecule has 0 heterocycles. The quantitative estimate of drug-likeness (QED) is 0.355. The number of primary amides is 1. The molecule has 0 fully saturated rings. The van der Waals surface area contributed by atoms with Crippen molar-refractivity contribution in [3.63, 3.8) is 0 Å². The van der Waals surface area contributed by atoms with Gasteiger partial charge in [0.15, 0.2) is 0 Å². The van der Waals surface area contributed by atoms with Gasteiger partial charge in [-0.1, -0.05) is 83.9 Å². The van der Waals surface area contributed by atoms with E-state index in [0.29, 0.717) is 0 Å². The third kappa shape index (κ3) is 4.98. The molecule has 5 nitrogen and oxygen atoms in total. The van der Waals surface area contributed by atoms with Crippen molar-refractivity contribution in [2.24, 2.45) is 5.73 Å². The zero-order chi connectivity index (χ0) is 24.3. The van der Waals surface area contributed by atoms with Crippen LogP contribution < -0.4 is 10.0 Å². The van der Waals surface area contributed by atoms with Crippen molar-refractivity contribution in [3.8, 4) is 11.1 Å². The first kappa shape index (κ1) is 23.5. The number of nitrogens with zero attached hydrogens (tertiary/aromatic N) is 1. The van der Waals surface area contributed by atoms with Crippen molar-refractivity contribution in [1.29, 1.82) is 0 Å². The van der Waals surface area contributed by atoms with E-state index in [9.17, 15) is 13.2 Å². The number of carbonyl (C=O) groups is 1. The molecule has 0 aliphatic carbocycles. The second kappa shape index (κ2) is 9.71. The summed E-state index contributed by atoms with van der Waals surface area (Å²) in [4.78, 5) is 12.3.